The normalized spacial score (nSPS) is 11.8. The minimum Gasteiger partial charge on any atom is -0.482 e. The molecular weight excluding hydrogens is 428 g/mol. The van der Waals surface area contributed by atoms with E-state index in [1.165, 1.54) is 23.0 Å². The van der Waals surface area contributed by atoms with Gasteiger partial charge in [0.05, 0.1) is 7.11 Å². The third kappa shape index (κ3) is 6.12. The van der Waals surface area contributed by atoms with Crippen molar-refractivity contribution in [1.82, 2.24) is 0 Å². The van der Waals surface area contributed by atoms with Crippen LogP contribution in [-0.2, 0) is 20.4 Å². The fraction of sp³-hybridized carbons (Fsp3) is 0.321. The van der Waals surface area contributed by atoms with Crippen molar-refractivity contribution >= 4 is 24.7 Å². The summed E-state index contributed by atoms with van der Waals surface area (Å²) in [4.78, 5) is 11.2. The van der Waals surface area contributed by atoms with Gasteiger partial charge < -0.3 is 13.9 Å². The molecular formula is C28H34O4Si. The van der Waals surface area contributed by atoms with E-state index < -0.39 is 8.32 Å². The van der Waals surface area contributed by atoms with E-state index in [0.29, 0.717) is 12.4 Å². The molecule has 3 aromatic rings. The van der Waals surface area contributed by atoms with Crippen LogP contribution in [0.25, 0.3) is 0 Å². The second kappa shape index (κ2) is 11.3. The van der Waals surface area contributed by atoms with Crippen molar-refractivity contribution in [3.8, 4) is 5.75 Å². The maximum absolute atomic E-state index is 11.2. The van der Waals surface area contributed by atoms with Gasteiger partial charge in [-0.1, -0.05) is 93.6 Å². The van der Waals surface area contributed by atoms with Gasteiger partial charge in [0.1, 0.15) is 5.75 Å². The van der Waals surface area contributed by atoms with E-state index in [1.54, 1.807) is 0 Å². The van der Waals surface area contributed by atoms with Crippen LogP contribution in [0.1, 0.15) is 32.8 Å². The van der Waals surface area contributed by atoms with Crippen LogP contribution < -0.4 is 15.1 Å². The third-order valence-electron chi connectivity index (χ3n) is 5.85. The minimum atomic E-state index is -2.49. The molecule has 0 fully saturated rings. The number of hydrogen-bond acceptors (Lipinski definition) is 4. The Balaban J connectivity index is 1.70. The molecule has 0 spiro atoms. The summed E-state index contributed by atoms with van der Waals surface area (Å²) in [6.45, 7) is 7.50. The van der Waals surface area contributed by atoms with Crippen LogP contribution in [0.5, 0.6) is 5.75 Å². The SMILES string of the molecule is COC(=O)COc1ccc(CCCO[Si](c2ccccc2)(c2ccccc2)C(C)(C)C)cc1. The summed E-state index contributed by atoms with van der Waals surface area (Å²) in [5.41, 5.74) is 1.21. The smallest absolute Gasteiger partial charge is 0.343 e. The second-order valence-corrected chi connectivity index (χ2v) is 13.4. The highest BCUT2D eigenvalue weighted by Gasteiger charge is 2.49. The van der Waals surface area contributed by atoms with E-state index in [4.69, 9.17) is 9.16 Å². The minimum absolute atomic E-state index is 0.0195. The number of rotatable bonds is 10. The number of hydrogen-bond donors (Lipinski definition) is 0. The largest absolute Gasteiger partial charge is 0.482 e. The summed E-state index contributed by atoms with van der Waals surface area (Å²) >= 11 is 0. The number of aryl methyl sites for hydroxylation is 1. The van der Waals surface area contributed by atoms with Gasteiger partial charge in [-0.15, -0.1) is 0 Å². The third-order valence-corrected chi connectivity index (χ3v) is 10.9. The molecule has 0 radical (unpaired) electrons. The van der Waals surface area contributed by atoms with Gasteiger partial charge in [0.15, 0.2) is 6.61 Å². The highest BCUT2D eigenvalue weighted by molar-refractivity contribution is 6.99. The number of benzene rings is 3. The first kappa shape index (κ1) is 24.7. The summed E-state index contributed by atoms with van der Waals surface area (Å²) < 4.78 is 17.0. The summed E-state index contributed by atoms with van der Waals surface area (Å²) in [5, 5.41) is 2.58. The lowest BCUT2D eigenvalue weighted by molar-refractivity contribution is -0.142. The van der Waals surface area contributed by atoms with Crippen LogP contribution in [0.15, 0.2) is 84.9 Å². The number of ether oxygens (including phenoxy) is 2. The van der Waals surface area contributed by atoms with Crippen LogP contribution in [0.3, 0.4) is 0 Å². The summed E-state index contributed by atoms with van der Waals surface area (Å²) in [6.07, 6.45) is 1.84. The van der Waals surface area contributed by atoms with Gasteiger partial charge in [0.25, 0.3) is 8.32 Å². The molecule has 0 N–H and O–H groups in total. The van der Waals surface area contributed by atoms with Crippen LogP contribution in [0, 0.1) is 0 Å². The van der Waals surface area contributed by atoms with E-state index >= 15 is 0 Å². The lowest BCUT2D eigenvalue weighted by atomic mass is 10.1. The fourth-order valence-corrected chi connectivity index (χ4v) is 8.82. The lowest BCUT2D eigenvalue weighted by Gasteiger charge is -2.43. The zero-order valence-corrected chi connectivity index (χ0v) is 21.0. The maximum atomic E-state index is 11.2. The standard InChI is InChI=1S/C28H34O4Si/c1-28(2,3)33(25-13-7-5-8-14-25,26-15-9-6-10-16-26)32-21-11-12-23-17-19-24(20-18-23)31-22-27(29)30-4/h5-10,13-20H,11-12,21-22H2,1-4H3. The van der Waals surface area contributed by atoms with E-state index in [-0.39, 0.29) is 17.6 Å². The zero-order chi connectivity index (χ0) is 23.7. The van der Waals surface area contributed by atoms with Gasteiger partial charge in [-0.05, 0) is 45.9 Å². The van der Waals surface area contributed by atoms with Crippen molar-refractivity contribution in [2.45, 2.75) is 38.7 Å². The van der Waals surface area contributed by atoms with Crippen molar-refractivity contribution in [3.05, 3.63) is 90.5 Å². The Morgan fingerprint density at radius 3 is 1.85 bits per heavy atom. The van der Waals surface area contributed by atoms with Crippen LogP contribution in [0.2, 0.25) is 5.04 Å². The maximum Gasteiger partial charge on any atom is 0.343 e. The first-order valence-electron chi connectivity index (χ1n) is 11.4. The average Bonchev–Trinajstić information content (AvgIpc) is 2.83. The summed E-state index contributed by atoms with van der Waals surface area (Å²) in [7, 11) is -1.13. The number of carbonyl (C=O) groups excluding carboxylic acids is 1. The Morgan fingerprint density at radius 1 is 0.818 bits per heavy atom. The van der Waals surface area contributed by atoms with Crippen LogP contribution >= 0.6 is 0 Å². The molecule has 4 nitrogen and oxygen atoms in total. The quantitative estimate of drug-likeness (QED) is 0.248. The predicted octanol–water partition coefficient (Wildman–Crippen LogP) is 4.75. The Kier molecular flexibility index (Phi) is 8.47. The molecule has 0 aliphatic carbocycles. The van der Waals surface area contributed by atoms with Crippen molar-refractivity contribution in [2.24, 2.45) is 0 Å². The topological polar surface area (TPSA) is 44.8 Å². The molecule has 0 aromatic heterocycles. The predicted molar refractivity (Wildman–Crippen MR) is 136 cm³/mol. The van der Waals surface area contributed by atoms with Crippen LogP contribution in [0.4, 0.5) is 0 Å². The number of esters is 1. The van der Waals surface area contributed by atoms with E-state index in [2.05, 4.69) is 86.2 Å². The Bertz CT molecular complexity index is 956. The van der Waals surface area contributed by atoms with Gasteiger partial charge in [-0.3, -0.25) is 0 Å². The molecule has 3 aromatic carbocycles. The lowest BCUT2D eigenvalue weighted by Crippen LogP contribution is -2.66. The highest BCUT2D eigenvalue weighted by Crippen LogP contribution is 2.36. The monoisotopic (exact) mass is 462 g/mol. The first-order valence-corrected chi connectivity index (χ1v) is 13.3. The van der Waals surface area contributed by atoms with Crippen molar-refractivity contribution in [1.29, 1.82) is 0 Å². The van der Waals surface area contributed by atoms with E-state index in [0.717, 1.165) is 12.8 Å². The Hall–Kier alpha value is -2.89. The average molecular weight is 463 g/mol. The Labute approximate surface area is 198 Å². The molecule has 0 saturated heterocycles. The molecule has 174 valence electrons. The molecule has 0 aliphatic rings. The first-order chi connectivity index (χ1) is 15.9. The van der Waals surface area contributed by atoms with Gasteiger partial charge in [-0.25, -0.2) is 4.79 Å². The number of methoxy groups -OCH3 is 1. The fourth-order valence-electron chi connectivity index (χ4n) is 4.22. The molecule has 0 atom stereocenters. The van der Waals surface area contributed by atoms with Gasteiger partial charge >= 0.3 is 5.97 Å². The van der Waals surface area contributed by atoms with Crippen molar-refractivity contribution < 1.29 is 18.7 Å². The molecule has 0 unspecified atom stereocenters. The Morgan fingerprint density at radius 2 is 1.36 bits per heavy atom. The number of carbonyl (C=O) groups is 1. The molecule has 0 heterocycles. The van der Waals surface area contributed by atoms with Gasteiger partial charge in [0.2, 0.25) is 0 Å². The molecule has 5 heteroatoms. The highest BCUT2D eigenvalue weighted by atomic mass is 28.4. The zero-order valence-electron chi connectivity index (χ0n) is 20.0. The van der Waals surface area contributed by atoms with E-state index in [1.807, 2.05) is 24.3 Å². The molecule has 33 heavy (non-hydrogen) atoms. The van der Waals surface area contributed by atoms with Crippen molar-refractivity contribution in [3.63, 3.8) is 0 Å². The summed E-state index contributed by atoms with van der Waals surface area (Å²) in [5.74, 6) is 0.271. The molecule has 3 rings (SSSR count). The van der Waals surface area contributed by atoms with Crippen molar-refractivity contribution in [2.75, 3.05) is 20.3 Å². The van der Waals surface area contributed by atoms with Gasteiger partial charge in [0, 0.05) is 6.61 Å². The molecule has 0 amide bonds. The summed E-state index contributed by atoms with van der Waals surface area (Å²) in [6, 6.07) is 29.3. The van der Waals surface area contributed by atoms with E-state index in [9.17, 15) is 4.79 Å². The molecule has 0 saturated carbocycles. The molecule has 0 aliphatic heterocycles. The van der Waals surface area contributed by atoms with Crippen LogP contribution in [-0.4, -0.2) is 34.6 Å². The second-order valence-electron chi connectivity index (χ2n) is 9.12. The van der Waals surface area contributed by atoms with Gasteiger partial charge in [-0.2, -0.15) is 0 Å². The molecule has 0 bridgehead atoms.